The third-order valence-electron chi connectivity index (χ3n) is 17.0. The van der Waals surface area contributed by atoms with Crippen molar-refractivity contribution in [1.82, 2.24) is 5.32 Å². The van der Waals surface area contributed by atoms with E-state index in [2.05, 4.69) is 19.5 Å². The number of esters is 5. The second-order valence-electron chi connectivity index (χ2n) is 28.2. The number of benzene rings is 3. The smallest absolute Gasteiger partial charge is 0.311 e. The molecule has 19 nitrogen and oxygen atoms in total. The van der Waals surface area contributed by atoms with Crippen LogP contribution in [-0.2, 0) is 80.0 Å². The van der Waals surface area contributed by atoms with E-state index in [1.165, 1.54) is 21.3 Å². The van der Waals surface area contributed by atoms with E-state index in [0.717, 1.165) is 55.4 Å². The van der Waals surface area contributed by atoms with Crippen LogP contribution >= 0.6 is 0 Å². The maximum absolute atomic E-state index is 11.6. The molecular formula is C96H205NO18. The van der Waals surface area contributed by atoms with Crippen molar-refractivity contribution in [3.05, 3.63) is 102 Å². The van der Waals surface area contributed by atoms with Crippen LogP contribution in [0, 0.1) is 49.2 Å². The van der Waals surface area contributed by atoms with Crippen molar-refractivity contribution in [3.8, 4) is 5.75 Å². The molecule has 0 fully saturated rings. The number of rotatable bonds is 26. The summed E-state index contributed by atoms with van der Waals surface area (Å²) in [4.78, 5) is 98.0. The van der Waals surface area contributed by atoms with E-state index in [4.69, 9.17) is 29.5 Å². The summed E-state index contributed by atoms with van der Waals surface area (Å²) in [6.45, 7) is 50.2. The predicted octanol–water partition coefficient (Wildman–Crippen LogP) is 29.3. The van der Waals surface area contributed by atoms with Crippen LogP contribution in [0.3, 0.4) is 0 Å². The zero-order valence-corrected chi connectivity index (χ0v) is 65.4. The van der Waals surface area contributed by atoms with Crippen LogP contribution < -0.4 is 10.1 Å². The molecular weight excluding hydrogens is 1460 g/mol. The van der Waals surface area contributed by atoms with Crippen molar-refractivity contribution >= 4 is 53.7 Å². The summed E-state index contributed by atoms with van der Waals surface area (Å²) in [6.07, 6.45) is 6.96. The molecule has 0 aliphatic rings. The molecule has 115 heavy (non-hydrogen) atoms. The minimum Gasteiger partial charge on any atom is -0.490 e. The van der Waals surface area contributed by atoms with E-state index in [1.54, 1.807) is 41.5 Å². The summed E-state index contributed by atoms with van der Waals surface area (Å²) >= 11 is 0. The minimum atomic E-state index is -0.722. The lowest BCUT2D eigenvalue weighted by Gasteiger charge is -2.20. The van der Waals surface area contributed by atoms with Gasteiger partial charge >= 0.3 is 47.8 Å². The summed E-state index contributed by atoms with van der Waals surface area (Å²) < 4.78 is 29.5. The molecule has 0 aliphatic heterocycles. The number of para-hydroxylation sites is 1. The lowest BCUT2D eigenvalue weighted by molar-refractivity contribution is -0.156. The molecule has 3 aromatic carbocycles. The van der Waals surface area contributed by atoms with Gasteiger partial charge in [0.05, 0.1) is 64.6 Å². The Kier molecular flexibility index (Phi) is 138. The Morgan fingerprint density at radius 3 is 0.730 bits per heavy atom. The summed E-state index contributed by atoms with van der Waals surface area (Å²) in [5, 5.41) is 28.2. The number of nitrogens with one attached hydrogen (secondary N) is 1. The Morgan fingerprint density at radius 1 is 0.313 bits per heavy atom. The van der Waals surface area contributed by atoms with Gasteiger partial charge in [-0.05, 0) is 192 Å². The fourth-order valence-electron chi connectivity index (χ4n) is 5.07. The van der Waals surface area contributed by atoms with Crippen LogP contribution in [0.15, 0.2) is 91.0 Å². The van der Waals surface area contributed by atoms with Crippen molar-refractivity contribution < 1.29 is 86.9 Å². The lowest BCUT2D eigenvalue weighted by atomic mass is 9.91. The molecule has 4 N–H and O–H groups in total. The largest absolute Gasteiger partial charge is 0.490 e. The number of methoxy groups -OCH3 is 3. The van der Waals surface area contributed by atoms with E-state index < -0.39 is 39.6 Å². The fraction of sp³-hybridized carbons (Fsp3) is 0.719. The maximum Gasteiger partial charge on any atom is 0.311 e. The van der Waals surface area contributed by atoms with Gasteiger partial charge < -0.3 is 49.1 Å². The van der Waals surface area contributed by atoms with Gasteiger partial charge in [0.2, 0.25) is 5.91 Å². The van der Waals surface area contributed by atoms with Gasteiger partial charge in [-0.25, -0.2) is 0 Å². The van der Waals surface area contributed by atoms with Crippen LogP contribution in [0.4, 0.5) is 0 Å². The molecule has 1 amide bonds. The number of aliphatic carboxylic acids is 3. The molecule has 0 bridgehead atoms. The molecule has 1 atom stereocenters. The van der Waals surface area contributed by atoms with Crippen molar-refractivity contribution in [3.63, 3.8) is 0 Å². The zero-order chi connectivity index (χ0) is 77.3. The average Bonchev–Trinajstić information content (AvgIpc) is 0.899. The molecule has 0 saturated carbocycles. The molecule has 0 radical (unpaired) electrons. The highest BCUT2D eigenvalue weighted by Crippen LogP contribution is 2.26. The number of carbonyl (C=O) groups is 9. The standard InChI is InChI=1S/C14H20O3.C13H18O2.C12H17NO.3C7H14O2.3C6H12O2.18CH4/c1-4-14(2,3)13(15)17-11-10-16-12-8-6-5-7-9-12;1-4-13(2,3)12(14)15-10-11-8-6-5-7-9-11;1-3-10(2)12(14)13-9-11-7-5-4-6-8-11;3*1-5-7(2,3)6(8)9-4;3*1-4-6(2,3)5(7)8;;;;;;;;;;;;;;;;;;/h5-9H,4,10-11H2,1-3H3;5-9H,4,10H2,1-3H3;4-8,10H,3,9H2,1-2H3,(H,13,14);3*5H2,1-4H3;3*4H2,1-3H3,(H,7,8);18*1H4. The van der Waals surface area contributed by atoms with Crippen LogP contribution in [-0.4, -0.2) is 104 Å². The van der Waals surface area contributed by atoms with Gasteiger partial charge in [0.15, 0.2) is 0 Å². The van der Waals surface area contributed by atoms with E-state index in [1.807, 2.05) is 229 Å². The van der Waals surface area contributed by atoms with E-state index in [9.17, 15) is 43.2 Å². The summed E-state index contributed by atoms with van der Waals surface area (Å²) in [5.74, 6) is -1.83. The summed E-state index contributed by atoms with van der Waals surface area (Å²) in [6, 6.07) is 29.2. The second-order valence-corrected chi connectivity index (χ2v) is 28.2. The first-order valence-corrected chi connectivity index (χ1v) is 33.8. The summed E-state index contributed by atoms with van der Waals surface area (Å²) in [5.41, 5.74) is -1.18. The monoisotopic (exact) mass is 1660 g/mol. The van der Waals surface area contributed by atoms with Gasteiger partial charge in [0.1, 0.15) is 25.6 Å². The van der Waals surface area contributed by atoms with Crippen LogP contribution in [0.1, 0.15) is 383 Å². The fourth-order valence-corrected chi connectivity index (χ4v) is 5.07. The third-order valence-corrected chi connectivity index (χ3v) is 17.0. The first-order chi connectivity index (χ1) is 44.5. The van der Waals surface area contributed by atoms with Gasteiger partial charge in [-0.2, -0.15) is 0 Å². The molecule has 0 spiro atoms. The SMILES string of the molecule is C.C.C.C.C.C.C.C.C.C.C.C.C.C.C.C.C.C.CCC(C)(C)C(=O)O.CCC(C)(C)C(=O)O.CCC(C)(C)C(=O)O.CCC(C)(C)C(=O)OC.CCC(C)(C)C(=O)OC.CCC(C)(C)C(=O)OC.CCC(C)(C)C(=O)OCCOc1ccccc1.CCC(C)(C)C(=O)OCc1ccccc1.CCC(C)C(=O)NCc1ccccc1. The van der Waals surface area contributed by atoms with Gasteiger partial charge in [-0.1, -0.05) is 282 Å². The third kappa shape index (κ3) is 84.4. The number of hydrogen-bond acceptors (Lipinski definition) is 15. The molecule has 0 aliphatic carbocycles. The molecule has 0 heterocycles. The Hall–Kier alpha value is -7.31. The number of carboxylic acids is 3. The molecule has 3 rings (SSSR count). The van der Waals surface area contributed by atoms with Gasteiger partial charge in [0, 0.05) is 12.5 Å². The highest BCUT2D eigenvalue weighted by Gasteiger charge is 2.30. The zero-order valence-electron chi connectivity index (χ0n) is 65.4. The van der Waals surface area contributed by atoms with E-state index in [-0.39, 0.29) is 204 Å². The first kappa shape index (κ1) is 175. The van der Waals surface area contributed by atoms with Crippen molar-refractivity contribution in [2.45, 2.75) is 385 Å². The van der Waals surface area contributed by atoms with Crippen molar-refractivity contribution in [2.24, 2.45) is 49.2 Å². The van der Waals surface area contributed by atoms with Crippen LogP contribution in [0.25, 0.3) is 0 Å². The Morgan fingerprint density at radius 2 is 0.530 bits per heavy atom. The molecule has 702 valence electrons. The summed E-state index contributed by atoms with van der Waals surface area (Å²) in [7, 11) is 4.25. The molecule has 0 saturated heterocycles. The number of hydrogen-bond donors (Lipinski definition) is 4. The van der Waals surface area contributed by atoms with E-state index in [0.29, 0.717) is 39.0 Å². The van der Waals surface area contributed by atoms with E-state index >= 15 is 0 Å². The Labute approximate surface area is 718 Å². The van der Waals surface area contributed by atoms with Crippen LogP contribution in [0.2, 0.25) is 0 Å². The normalized spacial score (nSPS) is 9.54. The highest BCUT2D eigenvalue weighted by atomic mass is 16.6. The second kappa shape index (κ2) is 90.6. The average molecular weight is 1660 g/mol. The molecule has 3 aromatic rings. The Bertz CT molecular complexity index is 2520. The minimum absolute atomic E-state index is 0. The molecule has 0 aromatic heterocycles. The lowest BCUT2D eigenvalue weighted by Crippen LogP contribution is -2.28. The highest BCUT2D eigenvalue weighted by molar-refractivity contribution is 5.79. The van der Waals surface area contributed by atoms with Crippen LogP contribution in [0.5, 0.6) is 5.75 Å². The molecule has 1 unspecified atom stereocenters. The maximum atomic E-state index is 11.6. The topological polar surface area (TPSA) is 282 Å². The quantitative estimate of drug-likeness (QED) is 0.0330. The first-order valence-electron chi connectivity index (χ1n) is 33.8. The predicted molar refractivity (Wildman–Crippen MR) is 510 cm³/mol. The van der Waals surface area contributed by atoms with Gasteiger partial charge in [0.25, 0.3) is 0 Å². The number of carbonyl (C=O) groups excluding carboxylic acids is 6. The number of ether oxygens (including phenoxy) is 6. The van der Waals surface area contributed by atoms with Gasteiger partial charge in [-0.15, -0.1) is 0 Å². The molecule has 19 heteroatoms. The van der Waals surface area contributed by atoms with Crippen molar-refractivity contribution in [1.29, 1.82) is 0 Å². The van der Waals surface area contributed by atoms with Gasteiger partial charge in [-0.3, -0.25) is 43.2 Å². The number of carboxylic acid groups (broad SMARTS) is 3. The Balaban J connectivity index is -0.0000000366. The van der Waals surface area contributed by atoms with Crippen molar-refractivity contribution in [2.75, 3.05) is 34.5 Å². The number of amides is 1.